The number of aromatic nitrogens is 2. The number of hydrogen-bond donors (Lipinski definition) is 0. The molecule has 0 bridgehead atoms. The molecule has 0 saturated carbocycles. The van der Waals surface area contributed by atoms with Crippen LogP contribution in [0.5, 0.6) is 0 Å². The molecule has 2 aliphatic rings. The molecule has 0 spiro atoms. The number of likely N-dealkylation sites (N-methyl/N-ethyl adjacent to an activating group) is 1. The largest absolute Gasteiger partial charge is 0.339 e. The average molecular weight is 329 g/mol. The molecule has 2 aromatic heterocycles. The van der Waals surface area contributed by atoms with E-state index in [0.29, 0.717) is 0 Å². The van der Waals surface area contributed by atoms with Gasteiger partial charge in [-0.3, -0.25) is 4.98 Å². The SMILES string of the molecule is Cc1cc2c3c(c1)c1c(n3CC(c3ccncc3C)=C2)CCN(C)C1. The van der Waals surface area contributed by atoms with Crippen molar-refractivity contribution in [2.75, 3.05) is 13.6 Å². The van der Waals surface area contributed by atoms with Gasteiger partial charge in [-0.05, 0) is 78.6 Å². The van der Waals surface area contributed by atoms with E-state index in [1.807, 2.05) is 12.4 Å². The molecule has 5 rings (SSSR count). The number of allylic oxidation sites excluding steroid dienone is 1. The summed E-state index contributed by atoms with van der Waals surface area (Å²) in [4.78, 5) is 6.70. The van der Waals surface area contributed by atoms with Gasteiger partial charge < -0.3 is 9.47 Å². The lowest BCUT2D eigenvalue weighted by Gasteiger charge is -2.25. The van der Waals surface area contributed by atoms with Crippen LogP contribution in [0.1, 0.15) is 33.5 Å². The summed E-state index contributed by atoms with van der Waals surface area (Å²) in [6.07, 6.45) is 7.41. The number of rotatable bonds is 1. The highest BCUT2D eigenvalue weighted by atomic mass is 15.1. The second kappa shape index (κ2) is 5.30. The molecule has 3 aromatic rings. The second-order valence-electron chi connectivity index (χ2n) is 7.61. The molecule has 2 aliphatic heterocycles. The third-order valence-corrected chi connectivity index (χ3v) is 5.74. The van der Waals surface area contributed by atoms with E-state index < -0.39 is 0 Å². The Morgan fingerprint density at radius 2 is 2.00 bits per heavy atom. The molecule has 0 saturated heterocycles. The van der Waals surface area contributed by atoms with Crippen molar-refractivity contribution in [1.29, 1.82) is 0 Å². The van der Waals surface area contributed by atoms with Gasteiger partial charge in [-0.1, -0.05) is 0 Å². The van der Waals surface area contributed by atoms with Gasteiger partial charge in [0.25, 0.3) is 0 Å². The van der Waals surface area contributed by atoms with E-state index in [-0.39, 0.29) is 0 Å². The van der Waals surface area contributed by atoms with Gasteiger partial charge in [0.05, 0.1) is 5.52 Å². The molecule has 126 valence electrons. The maximum absolute atomic E-state index is 4.27. The number of hydrogen-bond acceptors (Lipinski definition) is 2. The number of pyridine rings is 1. The van der Waals surface area contributed by atoms with Gasteiger partial charge in [-0.15, -0.1) is 0 Å². The Morgan fingerprint density at radius 1 is 1.12 bits per heavy atom. The van der Waals surface area contributed by atoms with Gasteiger partial charge in [0.15, 0.2) is 0 Å². The minimum atomic E-state index is 0.969. The lowest BCUT2D eigenvalue weighted by atomic mass is 9.95. The van der Waals surface area contributed by atoms with Crippen molar-refractivity contribution in [2.45, 2.75) is 33.4 Å². The molecule has 4 heterocycles. The molecule has 0 radical (unpaired) electrons. The topological polar surface area (TPSA) is 21.1 Å². The van der Waals surface area contributed by atoms with Crippen molar-refractivity contribution in [3.05, 3.63) is 64.1 Å². The fourth-order valence-electron chi connectivity index (χ4n) is 4.58. The van der Waals surface area contributed by atoms with Crippen LogP contribution >= 0.6 is 0 Å². The molecule has 3 heteroatoms. The molecule has 0 aliphatic carbocycles. The van der Waals surface area contributed by atoms with Gasteiger partial charge in [0.1, 0.15) is 0 Å². The third kappa shape index (κ3) is 2.19. The molecule has 25 heavy (non-hydrogen) atoms. The van der Waals surface area contributed by atoms with Crippen molar-refractivity contribution in [3.63, 3.8) is 0 Å². The molecule has 3 nitrogen and oxygen atoms in total. The highest BCUT2D eigenvalue weighted by molar-refractivity contribution is 6.00. The van der Waals surface area contributed by atoms with Crippen LogP contribution in [0, 0.1) is 13.8 Å². The fraction of sp³-hybridized carbons (Fsp3) is 0.318. The summed E-state index contributed by atoms with van der Waals surface area (Å²) in [6.45, 7) is 7.55. The van der Waals surface area contributed by atoms with Gasteiger partial charge in [-0.25, -0.2) is 0 Å². The molecule has 1 aromatic carbocycles. The van der Waals surface area contributed by atoms with Gasteiger partial charge >= 0.3 is 0 Å². The van der Waals surface area contributed by atoms with Crippen LogP contribution in [0.15, 0.2) is 30.6 Å². The molecular weight excluding hydrogens is 306 g/mol. The predicted molar refractivity (Wildman–Crippen MR) is 104 cm³/mol. The Labute approximate surface area is 148 Å². The quantitative estimate of drug-likeness (QED) is 0.667. The Hall–Kier alpha value is -2.39. The lowest BCUT2D eigenvalue weighted by Crippen LogP contribution is -2.27. The molecule has 0 fully saturated rings. The Kier molecular flexibility index (Phi) is 3.16. The summed E-state index contributed by atoms with van der Waals surface area (Å²) in [6, 6.07) is 6.87. The van der Waals surface area contributed by atoms with Crippen LogP contribution in [0.2, 0.25) is 0 Å². The zero-order valence-corrected chi connectivity index (χ0v) is 15.1. The predicted octanol–water partition coefficient (Wildman–Crippen LogP) is 4.20. The van der Waals surface area contributed by atoms with E-state index in [0.717, 1.165) is 26.1 Å². The van der Waals surface area contributed by atoms with Crippen LogP contribution in [0.3, 0.4) is 0 Å². The van der Waals surface area contributed by atoms with E-state index in [9.17, 15) is 0 Å². The zero-order valence-electron chi connectivity index (χ0n) is 15.1. The van der Waals surface area contributed by atoms with Crippen LogP contribution in [0.25, 0.3) is 22.6 Å². The Balaban J connectivity index is 1.77. The minimum Gasteiger partial charge on any atom is -0.339 e. The number of benzene rings is 1. The summed E-state index contributed by atoms with van der Waals surface area (Å²) in [5.41, 5.74) is 11.2. The normalized spacial score (nSPS) is 16.8. The molecule has 0 atom stereocenters. The number of aryl methyl sites for hydroxylation is 2. The van der Waals surface area contributed by atoms with Crippen molar-refractivity contribution < 1.29 is 0 Å². The highest BCUT2D eigenvalue weighted by Crippen LogP contribution is 2.39. The van der Waals surface area contributed by atoms with Crippen LogP contribution in [-0.2, 0) is 19.5 Å². The van der Waals surface area contributed by atoms with Gasteiger partial charge in [-0.2, -0.15) is 0 Å². The van der Waals surface area contributed by atoms with E-state index in [2.05, 4.69) is 59.6 Å². The monoisotopic (exact) mass is 329 g/mol. The molecule has 0 N–H and O–H groups in total. The van der Waals surface area contributed by atoms with E-state index in [4.69, 9.17) is 0 Å². The highest BCUT2D eigenvalue weighted by Gasteiger charge is 2.26. The Bertz CT molecular complexity index is 1040. The van der Waals surface area contributed by atoms with Gasteiger partial charge in [0.2, 0.25) is 0 Å². The smallest absolute Gasteiger partial charge is 0.0562 e. The first kappa shape index (κ1) is 14.9. The third-order valence-electron chi connectivity index (χ3n) is 5.74. The van der Waals surface area contributed by atoms with Gasteiger partial charge in [0, 0.05) is 49.5 Å². The number of nitrogens with zero attached hydrogens (tertiary/aromatic N) is 3. The summed E-state index contributed by atoms with van der Waals surface area (Å²) in [5.74, 6) is 0. The van der Waals surface area contributed by atoms with E-state index >= 15 is 0 Å². The van der Waals surface area contributed by atoms with Crippen molar-refractivity contribution in [3.8, 4) is 0 Å². The van der Waals surface area contributed by atoms with Crippen LogP contribution in [0.4, 0.5) is 0 Å². The second-order valence-corrected chi connectivity index (χ2v) is 7.61. The van der Waals surface area contributed by atoms with Crippen molar-refractivity contribution >= 4 is 22.6 Å². The summed E-state index contributed by atoms with van der Waals surface area (Å²) < 4.78 is 2.58. The van der Waals surface area contributed by atoms with Crippen LogP contribution in [-0.4, -0.2) is 28.0 Å². The van der Waals surface area contributed by atoms with Crippen molar-refractivity contribution in [1.82, 2.24) is 14.5 Å². The zero-order chi connectivity index (χ0) is 17.1. The van der Waals surface area contributed by atoms with E-state index in [1.165, 1.54) is 50.0 Å². The molecule has 0 amide bonds. The molecule has 0 unspecified atom stereocenters. The minimum absolute atomic E-state index is 0.969. The van der Waals surface area contributed by atoms with E-state index in [1.54, 1.807) is 0 Å². The van der Waals surface area contributed by atoms with Crippen molar-refractivity contribution in [2.24, 2.45) is 0 Å². The first-order chi connectivity index (χ1) is 12.1. The summed E-state index contributed by atoms with van der Waals surface area (Å²) in [7, 11) is 2.23. The Morgan fingerprint density at radius 3 is 2.84 bits per heavy atom. The lowest BCUT2D eigenvalue weighted by molar-refractivity contribution is 0.310. The first-order valence-electron chi connectivity index (χ1n) is 9.06. The average Bonchev–Trinajstić information content (AvgIpc) is 2.89. The maximum Gasteiger partial charge on any atom is 0.0562 e. The fourth-order valence-corrected chi connectivity index (χ4v) is 4.58. The number of fused-ring (bicyclic) bond motifs is 3. The maximum atomic E-state index is 4.27. The standard InChI is InChI=1S/C22H23N3/c1-14-8-16-10-17(18-4-6-23-11-15(18)2)12-25-21-5-7-24(3)13-20(21)19(9-14)22(16)25/h4,6,8-11H,5,7,12-13H2,1-3H3. The molecular formula is C22H23N3. The first-order valence-corrected chi connectivity index (χ1v) is 9.06. The summed E-state index contributed by atoms with van der Waals surface area (Å²) in [5, 5.41) is 1.46. The van der Waals surface area contributed by atoms with Crippen LogP contribution < -0.4 is 0 Å². The summed E-state index contributed by atoms with van der Waals surface area (Å²) >= 11 is 0.